The number of fused-ring (bicyclic) bond motifs is 1. The van der Waals surface area contributed by atoms with Gasteiger partial charge in [0.05, 0.1) is 27.1 Å². The summed E-state index contributed by atoms with van der Waals surface area (Å²) in [6.45, 7) is 1.23. The minimum absolute atomic E-state index is 0.00872. The van der Waals surface area contributed by atoms with E-state index in [1.54, 1.807) is 18.2 Å². The minimum Gasteiger partial charge on any atom is -0.305 e. The monoisotopic (exact) mass is 443 g/mol. The van der Waals surface area contributed by atoms with Crippen molar-refractivity contribution in [3.63, 3.8) is 0 Å². The van der Waals surface area contributed by atoms with Crippen molar-refractivity contribution in [2.24, 2.45) is 0 Å². The molecular weight excluding hydrogens is 430 g/mol. The molecule has 0 atom stereocenters. The van der Waals surface area contributed by atoms with E-state index in [0.717, 1.165) is 17.5 Å². The van der Waals surface area contributed by atoms with E-state index < -0.39 is 27.1 Å². The van der Waals surface area contributed by atoms with Gasteiger partial charge in [0.2, 0.25) is 0 Å². The van der Waals surface area contributed by atoms with Crippen molar-refractivity contribution >= 4 is 34.0 Å². The molecule has 33 heavy (non-hydrogen) atoms. The number of carbonyl (C=O) groups excluding carboxylic acids is 1. The lowest BCUT2D eigenvalue weighted by Crippen LogP contribution is -2.17. The van der Waals surface area contributed by atoms with Gasteiger partial charge in [-0.2, -0.15) is 15.0 Å². The van der Waals surface area contributed by atoms with Gasteiger partial charge in [0.15, 0.2) is 11.6 Å². The van der Waals surface area contributed by atoms with E-state index in [4.69, 9.17) is 0 Å². The Morgan fingerprint density at radius 2 is 1.76 bits per heavy atom. The van der Waals surface area contributed by atoms with Gasteiger partial charge in [-0.25, -0.2) is 4.98 Å². The van der Waals surface area contributed by atoms with Gasteiger partial charge in [0, 0.05) is 17.5 Å². The Morgan fingerprint density at radius 1 is 1.09 bits per heavy atom. The molecule has 0 saturated carbocycles. The second kappa shape index (κ2) is 8.16. The molecule has 1 amide bonds. The molecule has 0 radical (unpaired) electrons. The molecule has 12 heteroatoms. The van der Waals surface area contributed by atoms with E-state index in [1.165, 1.54) is 17.8 Å². The normalized spacial score (nSPS) is 10.5. The van der Waals surface area contributed by atoms with E-state index in [1.807, 2.05) is 24.3 Å². The van der Waals surface area contributed by atoms with Gasteiger partial charge in [-0.05, 0) is 25.1 Å². The standard InChI is InChI=1S/C21H13N7O5/c1-12-17(27(30)31)8-14(9-18(12)28(32)33)21(29)25-20-15(10-22)11-23-26(20)19-7-6-13-4-2-3-5-16(13)24-19/h2-9,11H,1H3,(H,25,29). The lowest BCUT2D eigenvalue weighted by Gasteiger charge is -2.10. The number of benzene rings is 2. The number of nitrogens with zero attached hydrogens (tertiary/aromatic N) is 6. The maximum Gasteiger partial charge on any atom is 0.279 e. The number of aromatic nitrogens is 3. The number of anilines is 1. The molecule has 4 rings (SSSR count). The molecule has 2 aromatic carbocycles. The van der Waals surface area contributed by atoms with Crippen LogP contribution in [-0.2, 0) is 0 Å². The average Bonchev–Trinajstić information content (AvgIpc) is 3.20. The third kappa shape index (κ3) is 3.81. The quantitative estimate of drug-likeness (QED) is 0.359. The van der Waals surface area contributed by atoms with Crippen LogP contribution >= 0.6 is 0 Å². The number of carbonyl (C=O) groups is 1. The Morgan fingerprint density at radius 3 is 2.39 bits per heavy atom. The van der Waals surface area contributed by atoms with Crippen molar-refractivity contribution < 1.29 is 14.6 Å². The zero-order chi connectivity index (χ0) is 23.7. The first-order chi connectivity index (χ1) is 15.8. The lowest BCUT2D eigenvalue weighted by atomic mass is 10.1. The Balaban J connectivity index is 1.78. The summed E-state index contributed by atoms with van der Waals surface area (Å²) in [7, 11) is 0. The summed E-state index contributed by atoms with van der Waals surface area (Å²) < 4.78 is 1.24. The van der Waals surface area contributed by atoms with Gasteiger partial charge in [0.25, 0.3) is 17.3 Å². The van der Waals surface area contributed by atoms with Crippen LogP contribution in [0.25, 0.3) is 16.7 Å². The number of hydrogen-bond donors (Lipinski definition) is 1. The Labute approximate surface area is 185 Å². The molecule has 0 bridgehead atoms. The predicted octanol–water partition coefficient (Wildman–Crippen LogP) is 3.67. The second-order valence-corrected chi connectivity index (χ2v) is 6.90. The molecule has 0 fully saturated rings. The van der Waals surface area contributed by atoms with E-state index in [0.29, 0.717) is 11.3 Å². The molecule has 0 spiro atoms. The largest absolute Gasteiger partial charge is 0.305 e. The third-order valence-corrected chi connectivity index (χ3v) is 4.93. The summed E-state index contributed by atoms with van der Waals surface area (Å²) in [4.78, 5) is 38.4. The molecule has 0 aliphatic heterocycles. The van der Waals surface area contributed by atoms with Crippen molar-refractivity contribution in [1.82, 2.24) is 14.8 Å². The molecule has 1 N–H and O–H groups in total. The summed E-state index contributed by atoms with van der Waals surface area (Å²) in [6, 6.07) is 14.6. The second-order valence-electron chi connectivity index (χ2n) is 6.90. The number of hydrogen-bond acceptors (Lipinski definition) is 8. The molecule has 0 unspecified atom stereocenters. The first-order valence-corrected chi connectivity index (χ1v) is 9.39. The first-order valence-electron chi connectivity index (χ1n) is 9.39. The topological polar surface area (TPSA) is 170 Å². The van der Waals surface area contributed by atoms with E-state index in [-0.39, 0.29) is 22.5 Å². The maximum atomic E-state index is 12.9. The van der Waals surface area contributed by atoms with Crippen LogP contribution in [0.1, 0.15) is 21.5 Å². The minimum atomic E-state index is -0.889. The van der Waals surface area contributed by atoms with Gasteiger partial charge < -0.3 is 5.32 Å². The number of nitrogens with one attached hydrogen (secondary N) is 1. The van der Waals surface area contributed by atoms with Crippen LogP contribution < -0.4 is 5.32 Å². The number of nitro benzene ring substituents is 2. The van der Waals surface area contributed by atoms with Crippen LogP contribution in [-0.4, -0.2) is 30.5 Å². The fraction of sp³-hybridized carbons (Fsp3) is 0.0476. The number of para-hydroxylation sites is 1. The number of nitriles is 1. The molecule has 0 saturated heterocycles. The number of nitro groups is 2. The zero-order valence-corrected chi connectivity index (χ0v) is 16.9. The maximum absolute atomic E-state index is 12.9. The van der Waals surface area contributed by atoms with Crippen LogP contribution in [0, 0.1) is 38.5 Å². The van der Waals surface area contributed by atoms with Crippen LogP contribution in [0.3, 0.4) is 0 Å². The Kier molecular flexibility index (Phi) is 5.21. The number of amides is 1. The molecule has 2 aromatic heterocycles. The highest BCUT2D eigenvalue weighted by Gasteiger charge is 2.26. The van der Waals surface area contributed by atoms with E-state index in [2.05, 4.69) is 15.4 Å². The summed E-state index contributed by atoms with van der Waals surface area (Å²) in [6.07, 6.45) is 1.23. The molecule has 162 valence electrons. The Hall–Kier alpha value is -5.18. The molecule has 4 aromatic rings. The summed E-state index contributed by atoms with van der Waals surface area (Å²) >= 11 is 0. The van der Waals surface area contributed by atoms with Gasteiger partial charge in [0.1, 0.15) is 17.2 Å². The summed E-state index contributed by atoms with van der Waals surface area (Å²) in [5, 5.41) is 39.6. The first kappa shape index (κ1) is 21.1. The van der Waals surface area contributed by atoms with Crippen LogP contribution in [0.2, 0.25) is 0 Å². The Bertz CT molecular complexity index is 1470. The fourth-order valence-corrected chi connectivity index (χ4v) is 3.27. The van der Waals surface area contributed by atoms with E-state index in [9.17, 15) is 30.3 Å². The van der Waals surface area contributed by atoms with Crippen molar-refractivity contribution in [2.75, 3.05) is 5.32 Å². The molecule has 0 aliphatic rings. The lowest BCUT2D eigenvalue weighted by molar-refractivity contribution is -0.395. The van der Waals surface area contributed by atoms with Crippen molar-refractivity contribution in [3.8, 4) is 11.9 Å². The highest BCUT2D eigenvalue weighted by molar-refractivity contribution is 6.05. The zero-order valence-electron chi connectivity index (χ0n) is 16.9. The van der Waals surface area contributed by atoms with Crippen molar-refractivity contribution in [2.45, 2.75) is 6.92 Å². The summed E-state index contributed by atoms with van der Waals surface area (Å²) in [5.74, 6) is -0.609. The SMILES string of the molecule is Cc1c([N+](=O)[O-])cc(C(=O)Nc2c(C#N)cnn2-c2ccc3ccccc3n2)cc1[N+](=O)[O-]. The van der Waals surface area contributed by atoms with Gasteiger partial charge >= 0.3 is 0 Å². The molecule has 12 nitrogen and oxygen atoms in total. The van der Waals surface area contributed by atoms with Crippen molar-refractivity contribution in [3.05, 3.63) is 91.6 Å². The van der Waals surface area contributed by atoms with Gasteiger partial charge in [-0.15, -0.1) is 0 Å². The van der Waals surface area contributed by atoms with Crippen LogP contribution in [0.4, 0.5) is 17.2 Å². The number of pyridine rings is 1. The highest BCUT2D eigenvalue weighted by Crippen LogP contribution is 2.30. The predicted molar refractivity (Wildman–Crippen MR) is 116 cm³/mol. The fourth-order valence-electron chi connectivity index (χ4n) is 3.27. The van der Waals surface area contributed by atoms with Gasteiger partial charge in [-0.1, -0.05) is 18.2 Å². The van der Waals surface area contributed by atoms with Crippen LogP contribution in [0.15, 0.2) is 54.7 Å². The third-order valence-electron chi connectivity index (χ3n) is 4.93. The smallest absolute Gasteiger partial charge is 0.279 e. The average molecular weight is 443 g/mol. The van der Waals surface area contributed by atoms with Gasteiger partial charge in [-0.3, -0.25) is 25.0 Å². The number of rotatable bonds is 5. The van der Waals surface area contributed by atoms with Crippen LogP contribution in [0.5, 0.6) is 0 Å². The van der Waals surface area contributed by atoms with E-state index >= 15 is 0 Å². The highest BCUT2D eigenvalue weighted by atomic mass is 16.6. The molecule has 2 heterocycles. The van der Waals surface area contributed by atoms with Crippen molar-refractivity contribution in [1.29, 1.82) is 5.26 Å². The molecule has 0 aliphatic carbocycles. The molecular formula is C21H13N7O5. The summed E-state index contributed by atoms with van der Waals surface area (Å²) in [5.41, 5.74) is -0.966.